The number of rotatable bonds is 5. The second kappa shape index (κ2) is 11.5. The van der Waals surface area contributed by atoms with Crippen molar-refractivity contribution in [3.63, 3.8) is 0 Å². The molecule has 4 heteroatoms. The van der Waals surface area contributed by atoms with E-state index in [4.69, 9.17) is 12.2 Å². The van der Waals surface area contributed by atoms with Crippen molar-refractivity contribution in [2.24, 2.45) is 0 Å². The van der Waals surface area contributed by atoms with Crippen LogP contribution in [0.1, 0.15) is 26.3 Å². The summed E-state index contributed by atoms with van der Waals surface area (Å²) in [7, 11) is 0. The first kappa shape index (κ1) is 17.4. The molecular formula is C14H24N2S2. The summed E-state index contributed by atoms with van der Waals surface area (Å²) in [5.41, 5.74) is 1.21. The van der Waals surface area contributed by atoms with Crippen molar-refractivity contribution >= 4 is 29.2 Å². The zero-order valence-corrected chi connectivity index (χ0v) is 13.2. The lowest BCUT2D eigenvalue weighted by Crippen LogP contribution is -2.21. The van der Waals surface area contributed by atoms with E-state index in [0.29, 0.717) is 4.32 Å². The van der Waals surface area contributed by atoms with E-state index in [9.17, 15) is 0 Å². The molecule has 0 amide bonds. The van der Waals surface area contributed by atoms with Crippen molar-refractivity contribution in [1.82, 2.24) is 10.2 Å². The molecule has 0 heterocycles. The van der Waals surface area contributed by atoms with Crippen molar-refractivity contribution in [2.75, 3.05) is 19.6 Å². The van der Waals surface area contributed by atoms with Crippen molar-refractivity contribution in [2.45, 2.75) is 27.3 Å². The third-order valence-electron chi connectivity index (χ3n) is 2.63. The molecule has 102 valence electrons. The zero-order valence-electron chi connectivity index (χ0n) is 11.5. The van der Waals surface area contributed by atoms with Gasteiger partial charge in [-0.2, -0.15) is 0 Å². The van der Waals surface area contributed by atoms with Gasteiger partial charge < -0.3 is 10.2 Å². The molecule has 0 unspecified atom stereocenters. The van der Waals surface area contributed by atoms with Gasteiger partial charge in [-0.3, -0.25) is 0 Å². The van der Waals surface area contributed by atoms with E-state index in [0.717, 1.165) is 6.54 Å². The molecule has 2 nitrogen and oxygen atoms in total. The number of nitrogens with one attached hydrogen (secondary N) is 1. The van der Waals surface area contributed by atoms with Crippen LogP contribution in [0.25, 0.3) is 0 Å². The molecule has 0 spiro atoms. The van der Waals surface area contributed by atoms with Crippen LogP contribution in [0.4, 0.5) is 0 Å². The largest absolute Gasteiger partial charge is 0.367 e. The minimum atomic E-state index is 0.536. The SMILES string of the molecule is CCN(CC)CC.S=C(S)NCc1ccccc1. The molecule has 1 N–H and O–H groups in total. The van der Waals surface area contributed by atoms with Gasteiger partial charge in [-0.1, -0.05) is 63.3 Å². The fourth-order valence-corrected chi connectivity index (χ4v) is 1.60. The molecular weight excluding hydrogens is 260 g/mol. The summed E-state index contributed by atoms with van der Waals surface area (Å²) in [6.45, 7) is 10.9. The highest BCUT2D eigenvalue weighted by molar-refractivity contribution is 8.11. The molecule has 0 fully saturated rings. The molecule has 0 aromatic heterocycles. The Balaban J connectivity index is 0.000000360. The molecule has 0 aliphatic heterocycles. The van der Waals surface area contributed by atoms with Crippen molar-refractivity contribution in [1.29, 1.82) is 0 Å². The second-order valence-electron chi connectivity index (χ2n) is 3.76. The molecule has 0 atom stereocenters. The Morgan fingerprint density at radius 2 is 1.61 bits per heavy atom. The third-order valence-corrected chi connectivity index (χ3v) is 2.93. The Kier molecular flexibility index (Phi) is 11.1. The van der Waals surface area contributed by atoms with Crippen LogP contribution in [0.3, 0.4) is 0 Å². The highest BCUT2D eigenvalue weighted by Crippen LogP contribution is 1.97. The first-order valence-electron chi connectivity index (χ1n) is 6.37. The van der Waals surface area contributed by atoms with Crippen LogP contribution < -0.4 is 5.32 Å². The summed E-state index contributed by atoms with van der Waals surface area (Å²) in [4.78, 5) is 2.38. The fraction of sp³-hybridized carbons (Fsp3) is 0.500. The molecule has 1 aromatic carbocycles. The van der Waals surface area contributed by atoms with Crippen molar-refractivity contribution in [3.05, 3.63) is 35.9 Å². The maximum Gasteiger partial charge on any atom is 0.130 e. The average Bonchev–Trinajstić information content (AvgIpc) is 2.40. The summed E-state index contributed by atoms with van der Waals surface area (Å²) < 4.78 is 0.536. The number of thiol groups is 1. The normalized spacial score (nSPS) is 9.61. The molecule has 18 heavy (non-hydrogen) atoms. The summed E-state index contributed by atoms with van der Waals surface area (Å²) in [5.74, 6) is 0. The smallest absolute Gasteiger partial charge is 0.130 e. The van der Waals surface area contributed by atoms with Gasteiger partial charge in [0.2, 0.25) is 0 Å². The summed E-state index contributed by atoms with van der Waals surface area (Å²) in [6, 6.07) is 10.1. The number of thiocarbonyl (C=S) groups is 1. The Labute approximate surface area is 122 Å². The molecule has 0 aliphatic rings. The maximum atomic E-state index is 4.75. The topological polar surface area (TPSA) is 15.3 Å². The highest BCUT2D eigenvalue weighted by Gasteiger charge is 1.90. The van der Waals surface area contributed by atoms with Crippen LogP contribution in [0, 0.1) is 0 Å². The van der Waals surface area contributed by atoms with Crippen LogP contribution in [-0.4, -0.2) is 28.9 Å². The van der Waals surface area contributed by atoms with Gasteiger partial charge >= 0.3 is 0 Å². The van der Waals surface area contributed by atoms with Crippen LogP contribution in [0.2, 0.25) is 0 Å². The quantitative estimate of drug-likeness (QED) is 0.637. The van der Waals surface area contributed by atoms with Crippen LogP contribution in [0.15, 0.2) is 30.3 Å². The third kappa shape index (κ3) is 9.45. The molecule has 0 saturated carbocycles. The minimum Gasteiger partial charge on any atom is -0.367 e. The molecule has 0 bridgehead atoms. The van der Waals surface area contributed by atoms with Gasteiger partial charge in [-0.05, 0) is 25.2 Å². The van der Waals surface area contributed by atoms with E-state index in [1.807, 2.05) is 30.3 Å². The van der Waals surface area contributed by atoms with Gasteiger partial charge in [0.15, 0.2) is 0 Å². The van der Waals surface area contributed by atoms with E-state index < -0.39 is 0 Å². The van der Waals surface area contributed by atoms with Gasteiger partial charge in [0.1, 0.15) is 4.32 Å². The predicted octanol–water partition coefficient (Wildman–Crippen LogP) is 3.34. The summed E-state index contributed by atoms with van der Waals surface area (Å²) >= 11 is 8.70. The molecule has 1 aromatic rings. The summed E-state index contributed by atoms with van der Waals surface area (Å²) in [5, 5.41) is 2.96. The first-order chi connectivity index (χ1) is 8.63. The van der Waals surface area contributed by atoms with E-state index in [2.05, 4.69) is 43.6 Å². The monoisotopic (exact) mass is 284 g/mol. The average molecular weight is 284 g/mol. The molecule has 0 saturated heterocycles. The lowest BCUT2D eigenvalue weighted by molar-refractivity contribution is 0.321. The molecule has 0 aliphatic carbocycles. The Morgan fingerprint density at radius 1 is 1.11 bits per heavy atom. The van der Waals surface area contributed by atoms with Gasteiger partial charge in [0.25, 0.3) is 0 Å². The van der Waals surface area contributed by atoms with E-state index >= 15 is 0 Å². The lowest BCUT2D eigenvalue weighted by Gasteiger charge is -2.13. The Bertz CT molecular complexity index is 305. The fourth-order valence-electron chi connectivity index (χ4n) is 1.44. The first-order valence-corrected chi connectivity index (χ1v) is 7.22. The number of hydrogen-bond acceptors (Lipinski definition) is 2. The van der Waals surface area contributed by atoms with E-state index in [1.165, 1.54) is 25.2 Å². The number of benzene rings is 1. The zero-order chi connectivity index (χ0) is 13.8. The van der Waals surface area contributed by atoms with E-state index in [-0.39, 0.29) is 0 Å². The van der Waals surface area contributed by atoms with Crippen molar-refractivity contribution in [3.8, 4) is 0 Å². The van der Waals surface area contributed by atoms with Gasteiger partial charge in [-0.25, -0.2) is 0 Å². The lowest BCUT2D eigenvalue weighted by atomic mass is 10.2. The predicted molar refractivity (Wildman–Crippen MR) is 88.3 cm³/mol. The molecule has 1 rings (SSSR count). The van der Waals surface area contributed by atoms with Gasteiger partial charge in [-0.15, -0.1) is 12.6 Å². The van der Waals surface area contributed by atoms with Gasteiger partial charge in [0.05, 0.1) is 0 Å². The van der Waals surface area contributed by atoms with Crippen molar-refractivity contribution < 1.29 is 0 Å². The maximum absolute atomic E-state index is 4.75. The van der Waals surface area contributed by atoms with Crippen LogP contribution in [-0.2, 0) is 6.54 Å². The summed E-state index contributed by atoms with van der Waals surface area (Å²) in [6.07, 6.45) is 0. The standard InChI is InChI=1S/C8H9NS2.C6H15N/c10-8(11)9-6-7-4-2-1-3-5-7;1-4-7(5-2)6-3/h1-5H,6H2,(H2,9,10,11);4-6H2,1-3H3. The molecule has 0 radical (unpaired) electrons. The Hall–Kier alpha value is -0.580. The van der Waals surface area contributed by atoms with Gasteiger partial charge in [0, 0.05) is 6.54 Å². The highest BCUT2D eigenvalue weighted by atomic mass is 32.1. The van der Waals surface area contributed by atoms with Crippen LogP contribution in [0.5, 0.6) is 0 Å². The second-order valence-corrected chi connectivity index (χ2v) is 4.92. The van der Waals surface area contributed by atoms with Crippen LogP contribution >= 0.6 is 24.8 Å². The minimum absolute atomic E-state index is 0.536. The number of nitrogens with zero attached hydrogens (tertiary/aromatic N) is 1. The Morgan fingerprint density at radius 3 is 1.94 bits per heavy atom. The van der Waals surface area contributed by atoms with E-state index in [1.54, 1.807) is 0 Å². The number of hydrogen-bond donors (Lipinski definition) is 2.